The third kappa shape index (κ3) is 3.58. The van der Waals surface area contributed by atoms with E-state index in [1.54, 1.807) is 18.2 Å². The van der Waals surface area contributed by atoms with Gasteiger partial charge in [0.25, 0.3) is 5.91 Å². The van der Waals surface area contributed by atoms with Crippen LogP contribution in [-0.2, 0) is 0 Å². The number of nitrogens with one attached hydrogen (secondary N) is 2. The Morgan fingerprint density at radius 3 is 2.77 bits per heavy atom. The van der Waals surface area contributed by atoms with Crippen molar-refractivity contribution in [1.29, 1.82) is 0 Å². The van der Waals surface area contributed by atoms with Crippen LogP contribution in [0.15, 0.2) is 36.7 Å². The second-order valence-corrected chi connectivity index (χ2v) is 5.38. The maximum Gasteiger partial charge on any atom is 0.270 e. The van der Waals surface area contributed by atoms with Crippen molar-refractivity contribution in [2.45, 2.75) is 31.7 Å². The highest BCUT2D eigenvalue weighted by molar-refractivity contribution is 5.93. The summed E-state index contributed by atoms with van der Waals surface area (Å²) in [5.74, 6) is -0.0768. The minimum Gasteiger partial charge on any atom is -0.348 e. The molecule has 1 amide bonds. The number of benzene rings is 1. The molecule has 114 valence electrons. The van der Waals surface area contributed by atoms with Crippen molar-refractivity contribution in [3.8, 4) is 0 Å². The van der Waals surface area contributed by atoms with Gasteiger partial charge in [0.2, 0.25) is 0 Å². The Morgan fingerprint density at radius 2 is 2.00 bits per heavy atom. The van der Waals surface area contributed by atoms with Crippen molar-refractivity contribution in [2.75, 3.05) is 5.32 Å². The Balaban J connectivity index is 1.70. The van der Waals surface area contributed by atoms with E-state index in [0.29, 0.717) is 17.2 Å². The quantitative estimate of drug-likeness (QED) is 0.911. The molecule has 2 N–H and O–H groups in total. The van der Waals surface area contributed by atoms with Crippen LogP contribution in [0.1, 0.15) is 36.2 Å². The van der Waals surface area contributed by atoms with E-state index < -0.39 is 0 Å². The van der Waals surface area contributed by atoms with E-state index in [0.717, 1.165) is 25.7 Å². The summed E-state index contributed by atoms with van der Waals surface area (Å²) in [5.41, 5.74) is 0.877. The number of hydrogen-bond donors (Lipinski definition) is 2. The van der Waals surface area contributed by atoms with Crippen LogP contribution in [-0.4, -0.2) is 21.9 Å². The first kappa shape index (κ1) is 14.4. The van der Waals surface area contributed by atoms with Crippen molar-refractivity contribution in [2.24, 2.45) is 0 Å². The number of rotatable bonds is 4. The van der Waals surface area contributed by atoms with E-state index in [9.17, 15) is 9.18 Å². The van der Waals surface area contributed by atoms with Crippen LogP contribution in [0.3, 0.4) is 0 Å². The van der Waals surface area contributed by atoms with Gasteiger partial charge in [-0.2, -0.15) is 0 Å². The topological polar surface area (TPSA) is 66.9 Å². The normalized spacial score (nSPS) is 14.8. The number of carbonyl (C=O) groups excluding carboxylic acids is 1. The van der Waals surface area contributed by atoms with Crippen LogP contribution >= 0.6 is 0 Å². The third-order valence-electron chi connectivity index (χ3n) is 3.69. The number of amides is 1. The zero-order valence-corrected chi connectivity index (χ0v) is 12.1. The molecular formula is C16H17FN4O. The number of carbonyl (C=O) groups is 1. The first-order valence-electron chi connectivity index (χ1n) is 7.36. The van der Waals surface area contributed by atoms with Gasteiger partial charge in [-0.25, -0.2) is 14.4 Å². The van der Waals surface area contributed by atoms with Crippen LogP contribution in [0, 0.1) is 5.82 Å². The highest BCUT2D eigenvalue weighted by Crippen LogP contribution is 2.19. The minimum atomic E-state index is -0.335. The first-order valence-corrected chi connectivity index (χ1v) is 7.36. The molecule has 0 atom stereocenters. The molecule has 0 radical (unpaired) electrons. The number of nitrogens with zero attached hydrogens (tertiary/aromatic N) is 2. The monoisotopic (exact) mass is 300 g/mol. The zero-order chi connectivity index (χ0) is 15.4. The Hall–Kier alpha value is -2.50. The molecule has 1 aliphatic carbocycles. The average Bonchev–Trinajstić information content (AvgIpc) is 3.00. The fraction of sp³-hybridized carbons (Fsp3) is 0.312. The van der Waals surface area contributed by atoms with E-state index >= 15 is 0 Å². The fourth-order valence-electron chi connectivity index (χ4n) is 2.59. The van der Waals surface area contributed by atoms with Gasteiger partial charge in [-0.15, -0.1) is 0 Å². The highest BCUT2D eigenvalue weighted by atomic mass is 19.1. The fourth-order valence-corrected chi connectivity index (χ4v) is 2.59. The number of aromatic nitrogens is 2. The third-order valence-corrected chi connectivity index (χ3v) is 3.69. The van der Waals surface area contributed by atoms with Gasteiger partial charge < -0.3 is 10.6 Å². The second-order valence-electron chi connectivity index (χ2n) is 5.38. The summed E-state index contributed by atoms with van der Waals surface area (Å²) in [6.07, 6.45) is 5.67. The van der Waals surface area contributed by atoms with E-state index in [1.165, 1.54) is 18.5 Å². The Kier molecular flexibility index (Phi) is 4.27. The highest BCUT2D eigenvalue weighted by Gasteiger charge is 2.18. The lowest BCUT2D eigenvalue weighted by molar-refractivity contribution is 0.0932. The lowest BCUT2D eigenvalue weighted by Gasteiger charge is -2.12. The maximum absolute atomic E-state index is 13.2. The summed E-state index contributed by atoms with van der Waals surface area (Å²) in [6.45, 7) is 0. The molecule has 22 heavy (non-hydrogen) atoms. The van der Waals surface area contributed by atoms with Gasteiger partial charge in [-0.3, -0.25) is 4.79 Å². The number of hydrogen-bond acceptors (Lipinski definition) is 4. The molecular weight excluding hydrogens is 283 g/mol. The molecule has 5 nitrogen and oxygen atoms in total. The van der Waals surface area contributed by atoms with Gasteiger partial charge in [0.1, 0.15) is 23.7 Å². The summed E-state index contributed by atoms with van der Waals surface area (Å²) in [4.78, 5) is 20.2. The Labute approximate surface area is 128 Å². The Morgan fingerprint density at radius 1 is 1.18 bits per heavy atom. The summed E-state index contributed by atoms with van der Waals surface area (Å²) < 4.78 is 13.2. The predicted octanol–water partition coefficient (Wildman–Crippen LogP) is 3.03. The van der Waals surface area contributed by atoms with Gasteiger partial charge in [0.15, 0.2) is 0 Å². The maximum atomic E-state index is 13.2. The lowest BCUT2D eigenvalue weighted by Crippen LogP contribution is -2.33. The van der Waals surface area contributed by atoms with E-state index in [1.807, 2.05) is 0 Å². The molecule has 1 fully saturated rings. The molecule has 0 aliphatic heterocycles. The van der Waals surface area contributed by atoms with Crippen LogP contribution in [0.5, 0.6) is 0 Å². The molecule has 6 heteroatoms. The molecule has 0 saturated heterocycles. The van der Waals surface area contributed by atoms with Gasteiger partial charge in [0, 0.05) is 17.8 Å². The van der Waals surface area contributed by atoms with Crippen LogP contribution in [0.2, 0.25) is 0 Å². The van der Waals surface area contributed by atoms with Gasteiger partial charge in [-0.1, -0.05) is 18.9 Å². The van der Waals surface area contributed by atoms with Crippen LogP contribution < -0.4 is 10.6 Å². The van der Waals surface area contributed by atoms with Crippen molar-refractivity contribution < 1.29 is 9.18 Å². The molecule has 0 spiro atoms. The lowest BCUT2D eigenvalue weighted by atomic mass is 10.2. The van der Waals surface area contributed by atoms with Crippen molar-refractivity contribution in [3.05, 3.63) is 48.2 Å². The molecule has 1 saturated carbocycles. The summed E-state index contributed by atoms with van der Waals surface area (Å²) in [5, 5.41) is 5.94. The second kappa shape index (κ2) is 6.51. The number of halogens is 1. The molecule has 1 heterocycles. The van der Waals surface area contributed by atoms with E-state index in [2.05, 4.69) is 20.6 Å². The van der Waals surface area contributed by atoms with Crippen LogP contribution in [0.4, 0.5) is 15.9 Å². The largest absolute Gasteiger partial charge is 0.348 e. The molecule has 3 rings (SSSR count). The van der Waals surface area contributed by atoms with E-state index in [4.69, 9.17) is 0 Å². The molecule has 0 unspecified atom stereocenters. The van der Waals surface area contributed by atoms with Crippen LogP contribution in [0.25, 0.3) is 0 Å². The summed E-state index contributed by atoms with van der Waals surface area (Å²) >= 11 is 0. The van der Waals surface area contributed by atoms with Gasteiger partial charge in [0.05, 0.1) is 0 Å². The zero-order valence-electron chi connectivity index (χ0n) is 12.1. The summed E-state index contributed by atoms with van der Waals surface area (Å²) in [7, 11) is 0. The first-order chi connectivity index (χ1) is 10.7. The molecule has 1 aliphatic rings. The molecule has 1 aromatic heterocycles. The Bertz CT molecular complexity index is 671. The van der Waals surface area contributed by atoms with Crippen molar-refractivity contribution in [3.63, 3.8) is 0 Å². The number of anilines is 2. The SMILES string of the molecule is O=C(NC1CCCC1)c1cc(Nc2cccc(F)c2)ncn1. The minimum absolute atomic E-state index is 0.198. The predicted molar refractivity (Wildman–Crippen MR) is 81.4 cm³/mol. The smallest absolute Gasteiger partial charge is 0.270 e. The molecule has 2 aromatic rings. The standard InChI is InChI=1S/C16H17FN4O/c17-11-4-3-7-13(8-11)20-15-9-14(18-10-19-15)16(22)21-12-5-1-2-6-12/h3-4,7-10,12H,1-2,5-6H2,(H,21,22)(H,18,19,20). The average molecular weight is 300 g/mol. The van der Waals surface area contributed by atoms with E-state index in [-0.39, 0.29) is 17.8 Å². The summed E-state index contributed by atoms with van der Waals surface area (Å²) in [6, 6.07) is 7.86. The van der Waals surface area contributed by atoms with Crippen molar-refractivity contribution in [1.82, 2.24) is 15.3 Å². The van der Waals surface area contributed by atoms with Crippen molar-refractivity contribution >= 4 is 17.4 Å². The molecule has 1 aromatic carbocycles. The van der Waals surface area contributed by atoms with Gasteiger partial charge >= 0.3 is 0 Å². The molecule has 0 bridgehead atoms. The van der Waals surface area contributed by atoms with Gasteiger partial charge in [-0.05, 0) is 31.0 Å².